The first-order valence-electron chi connectivity index (χ1n) is 11.9. The van der Waals surface area contributed by atoms with Crippen molar-refractivity contribution in [2.75, 3.05) is 6.61 Å². The van der Waals surface area contributed by atoms with Crippen LogP contribution in [0.4, 0.5) is 4.39 Å². The quantitative estimate of drug-likeness (QED) is 0.622. The van der Waals surface area contributed by atoms with Gasteiger partial charge in [-0.25, -0.2) is 4.39 Å². The van der Waals surface area contributed by atoms with Crippen molar-refractivity contribution in [2.45, 2.75) is 77.7 Å². The summed E-state index contributed by atoms with van der Waals surface area (Å²) in [5.41, 5.74) is -5.48. The molecule has 0 unspecified atom stereocenters. The zero-order valence-corrected chi connectivity index (χ0v) is 20.4. The summed E-state index contributed by atoms with van der Waals surface area (Å²) in [6.45, 7) is 7.08. The van der Waals surface area contributed by atoms with Crippen molar-refractivity contribution in [3.63, 3.8) is 0 Å². The van der Waals surface area contributed by atoms with Gasteiger partial charge in [-0.15, -0.1) is 0 Å². The molecule has 4 aliphatic carbocycles. The standard InChI is InChI=1S/C26H33FO7/c1-14-10-20-19-7-6-17-11-18(30)8-9-23(17,4)25(19,27)22(34-16(3)29)12-24(20,5)26(14,32)21(31)13-33-15(2)28/h8-9,11,14,19-20,22,32H,6-7,10,12-13H2,1-5H3/t14-,19-,20-,22-,23-,24-,25-,26-/m0/s1. The van der Waals surface area contributed by atoms with Gasteiger partial charge in [-0.1, -0.05) is 25.5 Å². The zero-order valence-electron chi connectivity index (χ0n) is 20.4. The molecular weight excluding hydrogens is 443 g/mol. The van der Waals surface area contributed by atoms with E-state index < -0.39 is 64.4 Å². The summed E-state index contributed by atoms with van der Waals surface area (Å²) < 4.78 is 28.1. The van der Waals surface area contributed by atoms with Gasteiger partial charge in [0.05, 0.1) is 0 Å². The Morgan fingerprint density at radius 1 is 1.18 bits per heavy atom. The first kappa shape index (κ1) is 24.8. The van der Waals surface area contributed by atoms with Gasteiger partial charge in [-0.05, 0) is 56.6 Å². The molecule has 0 spiro atoms. The molecule has 7 nitrogen and oxygen atoms in total. The number of Topliss-reactive ketones (excluding diaryl/α,β-unsaturated/α-hetero) is 1. The predicted molar refractivity (Wildman–Crippen MR) is 119 cm³/mol. The van der Waals surface area contributed by atoms with Crippen molar-refractivity contribution < 1.29 is 38.1 Å². The van der Waals surface area contributed by atoms with Crippen molar-refractivity contribution in [3.05, 3.63) is 23.8 Å². The molecule has 0 bridgehead atoms. The third-order valence-electron chi connectivity index (χ3n) is 9.34. The number of esters is 2. The van der Waals surface area contributed by atoms with Crippen molar-refractivity contribution in [1.29, 1.82) is 0 Å². The summed E-state index contributed by atoms with van der Waals surface area (Å²) >= 11 is 0. The Balaban J connectivity index is 1.83. The van der Waals surface area contributed by atoms with Crippen molar-refractivity contribution >= 4 is 23.5 Å². The normalized spacial score (nSPS) is 44.9. The van der Waals surface area contributed by atoms with Gasteiger partial charge < -0.3 is 14.6 Å². The third-order valence-corrected chi connectivity index (χ3v) is 9.34. The van der Waals surface area contributed by atoms with E-state index in [1.165, 1.54) is 26.0 Å². The predicted octanol–water partition coefficient (Wildman–Crippen LogP) is 3.04. The van der Waals surface area contributed by atoms with Crippen LogP contribution >= 0.6 is 0 Å². The number of ketones is 2. The van der Waals surface area contributed by atoms with E-state index in [4.69, 9.17) is 9.47 Å². The molecule has 0 aliphatic heterocycles. The second-order valence-corrected chi connectivity index (χ2v) is 11.0. The van der Waals surface area contributed by atoms with Crippen LogP contribution in [0.25, 0.3) is 0 Å². The molecule has 3 fully saturated rings. The average molecular weight is 477 g/mol. The van der Waals surface area contributed by atoms with Crippen LogP contribution in [0.15, 0.2) is 23.8 Å². The van der Waals surface area contributed by atoms with Crippen LogP contribution in [-0.4, -0.2) is 52.6 Å². The number of allylic oxidation sites excluding steroid dienone is 4. The number of alkyl halides is 1. The lowest BCUT2D eigenvalue weighted by molar-refractivity contribution is -0.229. The van der Waals surface area contributed by atoms with Crippen LogP contribution in [-0.2, 0) is 28.7 Å². The number of ether oxygens (including phenoxy) is 2. The Bertz CT molecular complexity index is 1020. The summed E-state index contributed by atoms with van der Waals surface area (Å²) in [4.78, 5) is 48.7. The maximum atomic E-state index is 17.6. The number of aliphatic hydroxyl groups is 1. The number of fused-ring (bicyclic) bond motifs is 5. The lowest BCUT2D eigenvalue weighted by Crippen LogP contribution is -2.70. The van der Waals surface area contributed by atoms with Gasteiger partial charge in [-0.2, -0.15) is 0 Å². The van der Waals surface area contributed by atoms with Crippen LogP contribution in [0.2, 0.25) is 0 Å². The first-order chi connectivity index (χ1) is 15.7. The Morgan fingerprint density at radius 2 is 1.85 bits per heavy atom. The molecule has 4 aliphatic rings. The minimum Gasteiger partial charge on any atom is -0.459 e. The van der Waals surface area contributed by atoms with Gasteiger partial charge >= 0.3 is 11.9 Å². The fourth-order valence-corrected chi connectivity index (χ4v) is 7.71. The lowest BCUT2D eigenvalue weighted by Gasteiger charge is -2.63. The second kappa shape index (κ2) is 7.83. The van der Waals surface area contributed by atoms with Crippen molar-refractivity contribution in [1.82, 2.24) is 0 Å². The topological polar surface area (TPSA) is 107 Å². The molecule has 0 saturated heterocycles. The molecule has 8 heteroatoms. The molecule has 8 atom stereocenters. The SMILES string of the molecule is CC(=O)OCC(=O)[C@@]1(O)[C@@H](C)C[C@H]2[C@@H]3CCC4=CC(=O)C=C[C@]4(C)[C@@]3(F)[C@@H](OC(C)=O)C[C@@]21C. The smallest absolute Gasteiger partial charge is 0.303 e. The summed E-state index contributed by atoms with van der Waals surface area (Å²) in [5, 5.41) is 11.9. The van der Waals surface area contributed by atoms with Crippen LogP contribution in [0, 0.1) is 28.6 Å². The van der Waals surface area contributed by atoms with Gasteiger partial charge in [0.25, 0.3) is 0 Å². The first-order valence-corrected chi connectivity index (χ1v) is 11.9. The Hall–Kier alpha value is -2.35. The molecule has 34 heavy (non-hydrogen) atoms. The minimum atomic E-state index is -2.02. The molecule has 0 radical (unpaired) electrons. The molecule has 0 heterocycles. The number of rotatable bonds is 4. The average Bonchev–Trinajstić information content (AvgIpc) is 2.94. The van der Waals surface area contributed by atoms with E-state index in [2.05, 4.69) is 0 Å². The summed E-state index contributed by atoms with van der Waals surface area (Å²) in [7, 11) is 0. The highest BCUT2D eigenvalue weighted by molar-refractivity contribution is 6.01. The molecule has 186 valence electrons. The number of carbonyl (C=O) groups is 4. The number of hydrogen-bond donors (Lipinski definition) is 1. The van der Waals surface area contributed by atoms with E-state index in [-0.39, 0.29) is 18.1 Å². The molecule has 4 rings (SSSR count). The fraction of sp³-hybridized carbons (Fsp3) is 0.692. The van der Waals surface area contributed by atoms with Crippen LogP contribution < -0.4 is 0 Å². The Kier molecular flexibility index (Phi) is 5.71. The summed E-state index contributed by atoms with van der Waals surface area (Å²) in [5.74, 6) is -3.62. The zero-order chi connectivity index (χ0) is 25.3. The van der Waals surface area contributed by atoms with Crippen LogP contribution in [0.5, 0.6) is 0 Å². The van der Waals surface area contributed by atoms with Crippen LogP contribution in [0.3, 0.4) is 0 Å². The van der Waals surface area contributed by atoms with E-state index in [0.717, 1.165) is 0 Å². The summed E-state index contributed by atoms with van der Waals surface area (Å²) in [6.07, 6.45) is 4.43. The maximum absolute atomic E-state index is 17.6. The minimum absolute atomic E-state index is 0.0679. The van der Waals surface area contributed by atoms with Gasteiger partial charge in [0.2, 0.25) is 5.78 Å². The highest BCUT2D eigenvalue weighted by Crippen LogP contribution is 2.71. The fourth-order valence-electron chi connectivity index (χ4n) is 7.71. The van der Waals surface area contributed by atoms with E-state index in [0.29, 0.717) is 24.8 Å². The monoisotopic (exact) mass is 476 g/mol. The molecular formula is C26H33FO7. The Morgan fingerprint density at radius 3 is 2.47 bits per heavy atom. The van der Waals surface area contributed by atoms with E-state index in [1.807, 2.05) is 0 Å². The highest BCUT2D eigenvalue weighted by atomic mass is 19.1. The number of halogens is 1. The molecule has 3 saturated carbocycles. The van der Waals surface area contributed by atoms with E-state index in [9.17, 15) is 24.3 Å². The van der Waals surface area contributed by atoms with E-state index >= 15 is 4.39 Å². The van der Waals surface area contributed by atoms with Gasteiger partial charge in [0.15, 0.2) is 18.1 Å². The summed E-state index contributed by atoms with van der Waals surface area (Å²) in [6, 6.07) is 0. The third kappa shape index (κ3) is 3.10. The molecule has 0 aromatic carbocycles. The highest BCUT2D eigenvalue weighted by Gasteiger charge is 2.76. The molecule has 0 aromatic heterocycles. The number of hydrogen-bond acceptors (Lipinski definition) is 7. The lowest BCUT2D eigenvalue weighted by atomic mass is 9.44. The Labute approximate surface area is 198 Å². The van der Waals surface area contributed by atoms with Crippen molar-refractivity contribution in [2.24, 2.45) is 28.6 Å². The van der Waals surface area contributed by atoms with Gasteiger partial charge in [0.1, 0.15) is 11.7 Å². The molecule has 0 aromatic rings. The largest absolute Gasteiger partial charge is 0.459 e. The van der Waals surface area contributed by atoms with Gasteiger partial charge in [-0.3, -0.25) is 19.2 Å². The molecule has 1 N–H and O–H groups in total. The second-order valence-electron chi connectivity index (χ2n) is 11.0. The maximum Gasteiger partial charge on any atom is 0.303 e. The number of carbonyl (C=O) groups excluding carboxylic acids is 4. The van der Waals surface area contributed by atoms with Crippen LogP contribution in [0.1, 0.15) is 60.3 Å². The molecule has 0 amide bonds. The van der Waals surface area contributed by atoms with E-state index in [1.54, 1.807) is 26.8 Å². The van der Waals surface area contributed by atoms with Crippen molar-refractivity contribution in [3.8, 4) is 0 Å². The van der Waals surface area contributed by atoms with Gasteiger partial charge in [0, 0.05) is 30.6 Å².